The Morgan fingerprint density at radius 1 is 1.47 bits per heavy atom. The number of carbonyl (C=O) groups is 1. The summed E-state index contributed by atoms with van der Waals surface area (Å²) < 4.78 is 12.1. The van der Waals surface area contributed by atoms with Crippen LogP contribution in [0.5, 0.6) is 0 Å². The number of hydrogen-bond donors (Lipinski definition) is 2. The van der Waals surface area contributed by atoms with E-state index in [1.165, 1.54) is 0 Å². The SMILES string of the molecule is CC(C1=Cc2ccccc2S1=O)N(O)C(N)=O. The zero-order chi connectivity index (χ0) is 12.6. The predicted molar refractivity (Wildman–Crippen MR) is 63.5 cm³/mol. The van der Waals surface area contributed by atoms with E-state index in [1.54, 1.807) is 25.1 Å². The minimum Gasteiger partial charge on any atom is -0.350 e. The standard InChI is InChI=1S/C11H12N2O3S/c1-7(13(15)11(12)14)10-6-8-4-2-3-5-9(8)17(10)16/h2-7,15H,1H3,(H2,12,14). The van der Waals surface area contributed by atoms with Gasteiger partial charge in [-0.25, -0.2) is 9.00 Å². The Kier molecular flexibility index (Phi) is 2.99. The van der Waals surface area contributed by atoms with Crippen molar-refractivity contribution in [2.45, 2.75) is 17.9 Å². The summed E-state index contributed by atoms with van der Waals surface area (Å²) in [5.74, 6) is 0. The van der Waals surface area contributed by atoms with Gasteiger partial charge in [0.2, 0.25) is 0 Å². The van der Waals surface area contributed by atoms with Crippen molar-refractivity contribution in [2.75, 3.05) is 0 Å². The third kappa shape index (κ3) is 1.96. The number of primary amides is 1. The number of urea groups is 1. The minimum atomic E-state index is -1.35. The molecule has 1 heterocycles. The molecule has 5 nitrogen and oxygen atoms in total. The number of nitrogens with two attached hydrogens (primary N) is 1. The molecule has 0 saturated heterocycles. The lowest BCUT2D eigenvalue weighted by Crippen LogP contribution is -2.40. The van der Waals surface area contributed by atoms with Gasteiger partial charge in [0.15, 0.2) is 0 Å². The molecule has 0 aromatic heterocycles. The van der Waals surface area contributed by atoms with E-state index in [1.807, 2.05) is 12.1 Å². The van der Waals surface area contributed by atoms with Crippen LogP contribution in [0.3, 0.4) is 0 Å². The van der Waals surface area contributed by atoms with Gasteiger partial charge in [0.1, 0.15) is 0 Å². The molecule has 90 valence electrons. The Bertz CT molecular complexity index is 527. The van der Waals surface area contributed by atoms with Crippen molar-refractivity contribution in [1.29, 1.82) is 0 Å². The molecular weight excluding hydrogens is 240 g/mol. The molecule has 1 aliphatic heterocycles. The second-order valence-electron chi connectivity index (χ2n) is 3.71. The second kappa shape index (κ2) is 4.31. The van der Waals surface area contributed by atoms with E-state index in [9.17, 15) is 14.2 Å². The van der Waals surface area contributed by atoms with Crippen LogP contribution in [-0.4, -0.2) is 26.6 Å². The van der Waals surface area contributed by atoms with E-state index in [4.69, 9.17) is 5.73 Å². The fourth-order valence-electron chi connectivity index (χ4n) is 1.69. The number of fused-ring (bicyclic) bond motifs is 1. The van der Waals surface area contributed by atoms with Crippen molar-refractivity contribution in [3.63, 3.8) is 0 Å². The molecule has 0 saturated carbocycles. The van der Waals surface area contributed by atoms with Crippen LogP contribution in [0.4, 0.5) is 4.79 Å². The van der Waals surface area contributed by atoms with Crippen molar-refractivity contribution in [3.8, 4) is 0 Å². The summed E-state index contributed by atoms with van der Waals surface area (Å²) in [6.45, 7) is 1.57. The van der Waals surface area contributed by atoms with Crippen molar-refractivity contribution < 1.29 is 14.2 Å². The van der Waals surface area contributed by atoms with Crippen LogP contribution in [0.1, 0.15) is 12.5 Å². The molecule has 2 amide bonds. The first kappa shape index (κ1) is 11.8. The molecule has 1 aromatic rings. The van der Waals surface area contributed by atoms with Crippen molar-refractivity contribution >= 4 is 22.9 Å². The Morgan fingerprint density at radius 2 is 2.12 bits per heavy atom. The molecule has 17 heavy (non-hydrogen) atoms. The normalized spacial score (nSPS) is 19.4. The molecule has 1 aliphatic rings. The third-order valence-corrected chi connectivity index (χ3v) is 4.29. The van der Waals surface area contributed by atoms with Crippen LogP contribution >= 0.6 is 0 Å². The van der Waals surface area contributed by atoms with E-state index in [0.717, 1.165) is 5.56 Å². The molecule has 0 spiro atoms. The molecule has 0 bridgehead atoms. The highest BCUT2D eigenvalue weighted by Gasteiger charge is 2.29. The smallest absolute Gasteiger partial charge is 0.339 e. The summed E-state index contributed by atoms with van der Waals surface area (Å²) in [5.41, 5.74) is 5.80. The number of carbonyl (C=O) groups excluding carboxylic acids is 1. The number of hydrogen-bond acceptors (Lipinski definition) is 3. The highest BCUT2D eigenvalue weighted by molar-refractivity contribution is 7.89. The van der Waals surface area contributed by atoms with Gasteiger partial charge in [-0.3, -0.25) is 5.21 Å². The highest BCUT2D eigenvalue weighted by Crippen LogP contribution is 2.32. The number of hydroxylamine groups is 2. The maximum atomic E-state index is 12.1. The van der Waals surface area contributed by atoms with Gasteiger partial charge in [0.05, 0.1) is 21.7 Å². The lowest BCUT2D eigenvalue weighted by molar-refractivity contribution is -0.0570. The summed E-state index contributed by atoms with van der Waals surface area (Å²) in [4.78, 5) is 12.0. The molecule has 0 fully saturated rings. The van der Waals surface area contributed by atoms with Gasteiger partial charge in [-0.2, -0.15) is 5.06 Å². The van der Waals surface area contributed by atoms with Crippen molar-refractivity contribution in [1.82, 2.24) is 5.06 Å². The molecule has 0 aliphatic carbocycles. The van der Waals surface area contributed by atoms with E-state index >= 15 is 0 Å². The third-order valence-electron chi connectivity index (χ3n) is 2.63. The average molecular weight is 252 g/mol. The Hall–Kier alpha value is -1.66. The minimum absolute atomic E-state index is 0.385. The fraction of sp³-hybridized carbons (Fsp3) is 0.182. The van der Waals surface area contributed by atoms with Crippen molar-refractivity contribution in [2.24, 2.45) is 5.73 Å². The Labute approximate surface area is 101 Å². The van der Waals surface area contributed by atoms with Crippen LogP contribution in [0.25, 0.3) is 6.08 Å². The van der Waals surface area contributed by atoms with Gasteiger partial charge >= 0.3 is 6.03 Å². The number of rotatable bonds is 2. The maximum absolute atomic E-state index is 12.1. The zero-order valence-corrected chi connectivity index (χ0v) is 9.98. The lowest BCUT2D eigenvalue weighted by atomic mass is 10.2. The summed E-state index contributed by atoms with van der Waals surface area (Å²) in [5, 5.41) is 9.82. The number of nitrogens with zero attached hydrogens (tertiary/aromatic N) is 1. The Morgan fingerprint density at radius 3 is 2.71 bits per heavy atom. The molecular formula is C11H12N2O3S. The van der Waals surface area contributed by atoms with Crippen LogP contribution in [0.2, 0.25) is 0 Å². The molecule has 2 atom stereocenters. The first-order valence-corrected chi connectivity index (χ1v) is 6.17. The van der Waals surface area contributed by atoms with Gasteiger partial charge in [-0.05, 0) is 24.6 Å². The summed E-state index contributed by atoms with van der Waals surface area (Å²) in [7, 11) is -1.35. The molecule has 6 heteroatoms. The molecule has 1 aromatic carbocycles. The van der Waals surface area contributed by atoms with Gasteiger partial charge in [0.25, 0.3) is 0 Å². The summed E-state index contributed by atoms with van der Waals surface area (Å²) in [6, 6.07) is 5.55. The quantitative estimate of drug-likeness (QED) is 0.614. The van der Waals surface area contributed by atoms with Crippen LogP contribution < -0.4 is 5.73 Å². The lowest BCUT2D eigenvalue weighted by Gasteiger charge is -2.20. The zero-order valence-electron chi connectivity index (χ0n) is 9.16. The monoisotopic (exact) mass is 252 g/mol. The van der Waals surface area contributed by atoms with Gasteiger partial charge in [0, 0.05) is 4.91 Å². The maximum Gasteiger partial charge on any atom is 0.339 e. The van der Waals surface area contributed by atoms with Crippen LogP contribution in [0.15, 0.2) is 34.1 Å². The first-order chi connectivity index (χ1) is 8.02. The number of benzene rings is 1. The topological polar surface area (TPSA) is 83.6 Å². The van der Waals surface area contributed by atoms with Gasteiger partial charge < -0.3 is 5.73 Å². The average Bonchev–Trinajstić information content (AvgIpc) is 2.65. The predicted octanol–water partition coefficient (Wildman–Crippen LogP) is 1.31. The highest BCUT2D eigenvalue weighted by atomic mass is 32.2. The van der Waals surface area contributed by atoms with Gasteiger partial charge in [-0.15, -0.1) is 0 Å². The summed E-state index contributed by atoms with van der Waals surface area (Å²) in [6.07, 6.45) is 1.71. The summed E-state index contributed by atoms with van der Waals surface area (Å²) >= 11 is 0. The molecule has 2 rings (SSSR count). The second-order valence-corrected chi connectivity index (χ2v) is 5.16. The number of amides is 2. The molecule has 2 unspecified atom stereocenters. The van der Waals surface area contributed by atoms with E-state index in [-0.39, 0.29) is 0 Å². The van der Waals surface area contributed by atoms with E-state index < -0.39 is 22.9 Å². The van der Waals surface area contributed by atoms with E-state index in [2.05, 4.69) is 0 Å². The van der Waals surface area contributed by atoms with Crippen molar-refractivity contribution in [3.05, 3.63) is 34.7 Å². The first-order valence-electron chi connectivity index (χ1n) is 5.02. The van der Waals surface area contributed by atoms with Crippen LogP contribution in [0, 0.1) is 0 Å². The van der Waals surface area contributed by atoms with Crippen LogP contribution in [-0.2, 0) is 10.8 Å². The Balaban J connectivity index is 2.33. The van der Waals surface area contributed by atoms with Gasteiger partial charge in [-0.1, -0.05) is 18.2 Å². The largest absolute Gasteiger partial charge is 0.350 e. The fourth-order valence-corrected chi connectivity index (χ4v) is 3.13. The molecule has 3 N–H and O–H groups in total. The molecule has 0 radical (unpaired) electrons. The van der Waals surface area contributed by atoms with E-state index in [0.29, 0.717) is 14.9 Å².